The van der Waals surface area contributed by atoms with E-state index in [1.807, 2.05) is 25.7 Å². The molecule has 3 aliphatic rings. The van der Waals surface area contributed by atoms with Gasteiger partial charge in [0.25, 0.3) is 11.5 Å². The van der Waals surface area contributed by atoms with Crippen molar-refractivity contribution in [2.75, 3.05) is 11.1 Å². The quantitative estimate of drug-likeness (QED) is 0.808. The van der Waals surface area contributed by atoms with E-state index in [2.05, 4.69) is 15.3 Å². The van der Waals surface area contributed by atoms with Crippen LogP contribution in [0.15, 0.2) is 23.3 Å². The third-order valence-corrected chi connectivity index (χ3v) is 7.21. The van der Waals surface area contributed by atoms with Crippen LogP contribution in [0.2, 0.25) is 0 Å². The molecule has 2 aliphatic carbocycles. The highest BCUT2D eigenvalue weighted by atomic mass is 16.2. The molecule has 8 heteroatoms. The van der Waals surface area contributed by atoms with Crippen molar-refractivity contribution >= 4 is 23.2 Å². The molecular formula is C22H28N6O2. The van der Waals surface area contributed by atoms with Crippen molar-refractivity contribution < 1.29 is 4.79 Å². The number of fused-ring (bicyclic) bond motifs is 2. The minimum atomic E-state index is -0.585. The number of rotatable bonds is 3. The third kappa shape index (κ3) is 2.66. The second-order valence-electron chi connectivity index (χ2n) is 9.43. The van der Waals surface area contributed by atoms with Gasteiger partial charge in [0.15, 0.2) is 0 Å². The van der Waals surface area contributed by atoms with Crippen LogP contribution >= 0.6 is 0 Å². The first kappa shape index (κ1) is 19.1. The van der Waals surface area contributed by atoms with Crippen molar-refractivity contribution in [3.8, 4) is 0 Å². The fourth-order valence-electron chi connectivity index (χ4n) is 5.52. The Kier molecular flexibility index (Phi) is 4.01. The Labute approximate surface area is 175 Å². The number of carbonyl (C=O) groups is 1. The summed E-state index contributed by atoms with van der Waals surface area (Å²) in [4.78, 5) is 37.2. The number of hydrogen-bond donors (Lipinski definition) is 2. The van der Waals surface area contributed by atoms with Gasteiger partial charge in [-0.2, -0.15) is 0 Å². The molecule has 5 rings (SSSR count). The molecule has 2 aromatic heterocycles. The molecule has 0 bridgehead atoms. The summed E-state index contributed by atoms with van der Waals surface area (Å²) >= 11 is 0. The number of aromatic nitrogens is 3. The van der Waals surface area contributed by atoms with Crippen LogP contribution < -0.4 is 16.6 Å². The van der Waals surface area contributed by atoms with Gasteiger partial charge in [0.05, 0.1) is 0 Å². The number of aryl methyl sites for hydroxylation is 1. The molecule has 3 N–H and O–H groups in total. The van der Waals surface area contributed by atoms with Crippen molar-refractivity contribution in [2.45, 2.75) is 71.0 Å². The number of nitrogens with two attached hydrogens (primary N) is 1. The van der Waals surface area contributed by atoms with Gasteiger partial charge in [0, 0.05) is 12.1 Å². The van der Waals surface area contributed by atoms with E-state index in [1.165, 1.54) is 19.2 Å². The predicted molar refractivity (Wildman–Crippen MR) is 115 cm³/mol. The number of anilines is 3. The summed E-state index contributed by atoms with van der Waals surface area (Å²) in [6, 6.07) is 3.35. The maximum atomic E-state index is 13.7. The molecule has 0 aromatic carbocycles. The van der Waals surface area contributed by atoms with Crippen LogP contribution in [0.4, 0.5) is 17.3 Å². The fraction of sp³-hybridized carbons (Fsp3) is 0.545. The molecule has 2 spiro atoms. The van der Waals surface area contributed by atoms with E-state index in [0.29, 0.717) is 28.4 Å². The maximum Gasteiger partial charge on any atom is 0.276 e. The molecule has 0 saturated heterocycles. The minimum Gasteiger partial charge on any atom is -0.384 e. The first-order valence-corrected chi connectivity index (χ1v) is 10.7. The lowest BCUT2D eigenvalue weighted by Crippen LogP contribution is -2.54. The van der Waals surface area contributed by atoms with Gasteiger partial charge in [0.1, 0.15) is 35.0 Å². The van der Waals surface area contributed by atoms with Crippen LogP contribution in [0.25, 0.3) is 0 Å². The molecule has 1 aliphatic heterocycles. The van der Waals surface area contributed by atoms with Gasteiger partial charge in [0.2, 0.25) is 0 Å². The topological polar surface area (TPSA) is 106 Å². The standard InChI is InChI=1S/C22H28N6O2/c1-13(2)27-20(30)18-14(3)10-15(26-17-11-16(23)24-12-25-17)19(29)28(18)22(27)8-6-21(4-5-21)7-9-22/h10-13H,4-9H2,1-3H3,(H3,23,24,25,26). The van der Waals surface area contributed by atoms with E-state index in [9.17, 15) is 9.59 Å². The summed E-state index contributed by atoms with van der Waals surface area (Å²) in [5, 5.41) is 3.10. The fourth-order valence-corrected chi connectivity index (χ4v) is 5.52. The van der Waals surface area contributed by atoms with Crippen LogP contribution in [-0.2, 0) is 5.66 Å². The molecule has 0 atom stereocenters. The van der Waals surface area contributed by atoms with Gasteiger partial charge in [-0.1, -0.05) is 0 Å². The van der Waals surface area contributed by atoms with Crippen molar-refractivity contribution in [3.05, 3.63) is 40.1 Å². The number of nitrogen functional groups attached to an aromatic ring is 1. The number of carbonyl (C=O) groups excluding carboxylic acids is 1. The largest absolute Gasteiger partial charge is 0.384 e. The van der Waals surface area contributed by atoms with Gasteiger partial charge in [-0.05, 0) is 76.3 Å². The molecule has 8 nitrogen and oxygen atoms in total. The smallest absolute Gasteiger partial charge is 0.276 e. The van der Waals surface area contributed by atoms with Crippen molar-refractivity contribution in [1.82, 2.24) is 19.4 Å². The third-order valence-electron chi connectivity index (χ3n) is 7.21. The Balaban J connectivity index is 1.65. The summed E-state index contributed by atoms with van der Waals surface area (Å²) in [6.07, 6.45) is 7.69. The first-order chi connectivity index (χ1) is 14.3. The van der Waals surface area contributed by atoms with Crippen molar-refractivity contribution in [2.24, 2.45) is 5.41 Å². The Morgan fingerprint density at radius 2 is 1.73 bits per heavy atom. The molecule has 30 heavy (non-hydrogen) atoms. The van der Waals surface area contributed by atoms with Crippen LogP contribution in [0.5, 0.6) is 0 Å². The van der Waals surface area contributed by atoms with E-state index in [0.717, 1.165) is 31.2 Å². The zero-order valence-electron chi connectivity index (χ0n) is 17.7. The van der Waals surface area contributed by atoms with Crippen LogP contribution in [-0.4, -0.2) is 31.4 Å². The van der Waals surface area contributed by atoms with Gasteiger partial charge < -0.3 is 16.0 Å². The highest BCUT2D eigenvalue weighted by Gasteiger charge is 2.58. The molecule has 3 heterocycles. The number of amides is 1. The second kappa shape index (κ2) is 6.30. The minimum absolute atomic E-state index is 0.0162. The average molecular weight is 409 g/mol. The summed E-state index contributed by atoms with van der Waals surface area (Å²) in [5.74, 6) is 0.744. The van der Waals surface area contributed by atoms with Gasteiger partial charge in [-0.15, -0.1) is 0 Å². The lowest BCUT2D eigenvalue weighted by Gasteiger charge is -2.46. The Hall–Kier alpha value is -2.90. The van der Waals surface area contributed by atoms with E-state index in [-0.39, 0.29) is 17.5 Å². The van der Waals surface area contributed by atoms with Crippen LogP contribution in [0.3, 0.4) is 0 Å². The summed E-state index contributed by atoms with van der Waals surface area (Å²) < 4.78 is 1.78. The van der Waals surface area contributed by atoms with Gasteiger partial charge in [-0.3, -0.25) is 14.2 Å². The molecule has 2 aromatic rings. The Bertz CT molecular complexity index is 1090. The van der Waals surface area contributed by atoms with Crippen LogP contribution in [0, 0.1) is 12.3 Å². The van der Waals surface area contributed by atoms with E-state index in [1.54, 1.807) is 16.7 Å². The first-order valence-electron chi connectivity index (χ1n) is 10.7. The average Bonchev–Trinajstić information content (AvgIpc) is 3.39. The normalized spacial score (nSPS) is 20.8. The predicted octanol–water partition coefficient (Wildman–Crippen LogP) is 3.14. The lowest BCUT2D eigenvalue weighted by atomic mass is 9.78. The molecule has 1 amide bonds. The molecule has 2 saturated carbocycles. The molecule has 0 unspecified atom stereocenters. The van der Waals surface area contributed by atoms with E-state index < -0.39 is 5.66 Å². The number of nitrogens with zero attached hydrogens (tertiary/aromatic N) is 4. The maximum absolute atomic E-state index is 13.7. The summed E-state index contributed by atoms with van der Waals surface area (Å²) in [6.45, 7) is 5.97. The van der Waals surface area contributed by atoms with Crippen molar-refractivity contribution in [3.63, 3.8) is 0 Å². The number of hydrogen-bond acceptors (Lipinski definition) is 6. The highest BCUT2D eigenvalue weighted by Crippen LogP contribution is 2.61. The highest BCUT2D eigenvalue weighted by molar-refractivity contribution is 5.97. The zero-order valence-corrected chi connectivity index (χ0v) is 17.7. The molecule has 158 valence electrons. The SMILES string of the molecule is Cc1cc(Nc2cc(N)ncn2)c(=O)n2c1C(=O)N(C(C)C)C21CCC2(CC2)CC1. The summed E-state index contributed by atoms with van der Waals surface area (Å²) in [7, 11) is 0. The lowest BCUT2D eigenvalue weighted by molar-refractivity contribution is -0.0159. The molecule has 2 fully saturated rings. The summed E-state index contributed by atoms with van der Waals surface area (Å²) in [5.41, 5.74) is 7.15. The van der Waals surface area contributed by atoms with E-state index in [4.69, 9.17) is 5.73 Å². The van der Waals surface area contributed by atoms with E-state index >= 15 is 0 Å². The molecular weight excluding hydrogens is 380 g/mol. The zero-order chi connectivity index (χ0) is 21.3. The van der Waals surface area contributed by atoms with Crippen LogP contribution in [0.1, 0.15) is 68.4 Å². The number of pyridine rings is 1. The number of nitrogens with one attached hydrogen (secondary N) is 1. The van der Waals surface area contributed by atoms with Crippen molar-refractivity contribution in [1.29, 1.82) is 0 Å². The van der Waals surface area contributed by atoms with Gasteiger partial charge in [-0.25, -0.2) is 9.97 Å². The monoisotopic (exact) mass is 408 g/mol. The second-order valence-corrected chi connectivity index (χ2v) is 9.43. The Morgan fingerprint density at radius 3 is 2.33 bits per heavy atom. The Morgan fingerprint density at radius 1 is 1.07 bits per heavy atom. The van der Waals surface area contributed by atoms with Gasteiger partial charge >= 0.3 is 0 Å². The molecule has 0 radical (unpaired) electrons.